The number of carbonyl (C=O) groups is 3. The highest BCUT2D eigenvalue weighted by atomic mass is 16.8. The van der Waals surface area contributed by atoms with Gasteiger partial charge in [0.15, 0.2) is 6.29 Å². The molecule has 2 saturated carbocycles. The molecule has 0 aromatic heterocycles. The highest BCUT2D eigenvalue weighted by Crippen LogP contribution is 2.50. The minimum absolute atomic E-state index is 0.0290. The van der Waals surface area contributed by atoms with Gasteiger partial charge in [0.2, 0.25) is 6.29 Å². The van der Waals surface area contributed by atoms with Crippen LogP contribution in [0.25, 0.3) is 0 Å². The van der Waals surface area contributed by atoms with Gasteiger partial charge in [-0.1, -0.05) is 13.8 Å². The summed E-state index contributed by atoms with van der Waals surface area (Å²) in [6, 6.07) is 0. The monoisotopic (exact) mass is 570 g/mol. The number of fused-ring (bicyclic) bond motifs is 2. The molecule has 13 heteroatoms. The van der Waals surface area contributed by atoms with Gasteiger partial charge < -0.3 is 48.8 Å². The number of aliphatic hydroxyl groups is 4. The van der Waals surface area contributed by atoms with Crippen LogP contribution in [-0.2, 0) is 42.8 Å². The molecule has 0 spiro atoms. The molecule has 2 aliphatic carbocycles. The Balaban J connectivity index is 1.33. The molecule has 13 nitrogen and oxygen atoms in total. The van der Waals surface area contributed by atoms with E-state index in [-0.39, 0.29) is 48.2 Å². The number of rotatable bonds is 6. The summed E-state index contributed by atoms with van der Waals surface area (Å²) in [5.41, 5.74) is 0.239. The highest BCUT2D eigenvalue weighted by molar-refractivity contribution is 5.89. The lowest BCUT2D eigenvalue weighted by atomic mass is 9.80. The Hall–Kier alpha value is -2.29. The van der Waals surface area contributed by atoms with Crippen LogP contribution in [-0.4, -0.2) is 102 Å². The van der Waals surface area contributed by atoms with Crippen molar-refractivity contribution in [3.63, 3.8) is 0 Å². The highest BCUT2D eigenvalue weighted by Gasteiger charge is 2.56. The van der Waals surface area contributed by atoms with E-state index in [0.717, 1.165) is 12.8 Å². The van der Waals surface area contributed by atoms with E-state index < -0.39 is 79.4 Å². The zero-order chi connectivity index (χ0) is 28.9. The summed E-state index contributed by atoms with van der Waals surface area (Å²) in [5.74, 6) is -3.67. The fraction of sp³-hybridized carbons (Fsp3) is 0.815. The third-order valence-corrected chi connectivity index (χ3v) is 9.52. The van der Waals surface area contributed by atoms with Gasteiger partial charge in [-0.2, -0.15) is 0 Å². The third-order valence-electron chi connectivity index (χ3n) is 9.52. The molecule has 0 bridgehead atoms. The zero-order valence-corrected chi connectivity index (χ0v) is 22.7. The standard InChI is InChI=1S/C27H38O13/c1-10-4-5-12-14(8-36-25(34)18(10)12)24(33)38-16-6-13-15(23(32)35-3)9-37-26(19(13)11(16)2)40-27-22(31)21(30)20(29)17(7-28)39-27/h9-14,16-22,26-31H,4-8H2,1-3H3/t10-,11-,12-,13+,14+,16-,17+,18+,19-,20+,21-,22+,26-,27-/m0/s1. The van der Waals surface area contributed by atoms with E-state index in [1.54, 1.807) is 0 Å². The van der Waals surface area contributed by atoms with Crippen LogP contribution in [0.15, 0.2) is 11.8 Å². The van der Waals surface area contributed by atoms with E-state index in [2.05, 4.69) is 0 Å². The number of ether oxygens (including phenoxy) is 6. The molecule has 5 rings (SSSR count). The van der Waals surface area contributed by atoms with Crippen molar-refractivity contribution in [2.45, 2.75) is 76.2 Å². The number of cyclic esters (lactones) is 1. The topological polar surface area (TPSA) is 188 Å². The van der Waals surface area contributed by atoms with Gasteiger partial charge in [-0.25, -0.2) is 4.79 Å². The van der Waals surface area contributed by atoms with E-state index in [4.69, 9.17) is 28.4 Å². The first-order valence-electron chi connectivity index (χ1n) is 13.8. The first-order chi connectivity index (χ1) is 19.1. The molecule has 0 aromatic carbocycles. The van der Waals surface area contributed by atoms with Gasteiger partial charge in [0.1, 0.15) is 37.1 Å². The van der Waals surface area contributed by atoms with Crippen LogP contribution in [0.3, 0.4) is 0 Å². The largest absolute Gasteiger partial charge is 0.472 e. The number of hydrogen-bond donors (Lipinski definition) is 4. The summed E-state index contributed by atoms with van der Waals surface area (Å²) in [6.07, 6.45) is -6.14. The molecule has 0 amide bonds. The minimum Gasteiger partial charge on any atom is -0.472 e. The lowest BCUT2D eigenvalue weighted by Gasteiger charge is -2.43. The van der Waals surface area contributed by atoms with Crippen LogP contribution >= 0.6 is 0 Å². The summed E-state index contributed by atoms with van der Waals surface area (Å²) >= 11 is 0. The maximum Gasteiger partial charge on any atom is 0.337 e. The predicted octanol–water partition coefficient (Wildman–Crippen LogP) is -0.765. The molecule has 40 heavy (non-hydrogen) atoms. The summed E-state index contributed by atoms with van der Waals surface area (Å²) < 4.78 is 33.4. The molecule has 0 radical (unpaired) electrons. The van der Waals surface area contributed by atoms with E-state index in [9.17, 15) is 34.8 Å². The first-order valence-corrected chi connectivity index (χ1v) is 13.8. The summed E-state index contributed by atoms with van der Waals surface area (Å²) in [7, 11) is 1.24. The predicted molar refractivity (Wildman–Crippen MR) is 130 cm³/mol. The van der Waals surface area contributed by atoms with Gasteiger partial charge in [-0.05, 0) is 31.1 Å². The fourth-order valence-electron chi connectivity index (χ4n) is 7.20. The van der Waals surface area contributed by atoms with Gasteiger partial charge in [-0.15, -0.1) is 0 Å². The van der Waals surface area contributed by atoms with Crippen LogP contribution in [0, 0.1) is 41.4 Å². The Morgan fingerprint density at radius 1 is 1.07 bits per heavy atom. The number of hydrogen-bond acceptors (Lipinski definition) is 13. The second-order valence-corrected chi connectivity index (χ2v) is 11.6. The number of aliphatic hydroxyl groups excluding tert-OH is 4. The second-order valence-electron chi connectivity index (χ2n) is 11.6. The first kappa shape index (κ1) is 29.2. The second kappa shape index (κ2) is 11.5. The Morgan fingerprint density at radius 3 is 2.52 bits per heavy atom. The van der Waals surface area contributed by atoms with E-state index in [1.807, 2.05) is 13.8 Å². The van der Waals surface area contributed by atoms with E-state index in [1.165, 1.54) is 13.4 Å². The lowest BCUT2D eigenvalue weighted by Crippen LogP contribution is -2.60. The van der Waals surface area contributed by atoms with Crippen molar-refractivity contribution >= 4 is 17.9 Å². The number of esters is 3. The Morgan fingerprint density at radius 2 is 1.82 bits per heavy atom. The average Bonchev–Trinajstić information content (AvgIpc) is 3.49. The lowest BCUT2D eigenvalue weighted by molar-refractivity contribution is -0.342. The molecule has 0 aromatic rings. The van der Waals surface area contributed by atoms with Crippen molar-refractivity contribution in [1.29, 1.82) is 0 Å². The molecular weight excluding hydrogens is 532 g/mol. The molecule has 2 saturated heterocycles. The molecular formula is C27H38O13. The third kappa shape index (κ3) is 5.01. The van der Waals surface area contributed by atoms with E-state index in [0.29, 0.717) is 0 Å². The van der Waals surface area contributed by atoms with Crippen LogP contribution < -0.4 is 0 Å². The fourth-order valence-corrected chi connectivity index (χ4v) is 7.20. The van der Waals surface area contributed by atoms with Gasteiger partial charge >= 0.3 is 17.9 Å². The van der Waals surface area contributed by atoms with Crippen molar-refractivity contribution in [2.75, 3.05) is 20.3 Å². The molecule has 4 fully saturated rings. The molecule has 3 aliphatic heterocycles. The average molecular weight is 571 g/mol. The molecule has 14 atom stereocenters. The molecule has 4 N–H and O–H groups in total. The van der Waals surface area contributed by atoms with Crippen molar-refractivity contribution in [3.05, 3.63) is 11.8 Å². The quantitative estimate of drug-likeness (QED) is 0.231. The van der Waals surface area contributed by atoms with Crippen LogP contribution in [0.1, 0.15) is 33.1 Å². The van der Waals surface area contributed by atoms with Crippen molar-refractivity contribution < 1.29 is 63.2 Å². The van der Waals surface area contributed by atoms with Crippen molar-refractivity contribution in [1.82, 2.24) is 0 Å². The Kier molecular flexibility index (Phi) is 8.42. The van der Waals surface area contributed by atoms with Gasteiger partial charge in [0, 0.05) is 17.8 Å². The SMILES string of the molecule is COC(=O)C1=CO[C@@H](O[C@@H]2O[C@H](CO)[C@@H](O)[C@H](O)[C@H]2O)[C@H]2[C@@H](C)[C@@H](OC(=O)[C@@H]3COC(=O)[C@H]4[C@H]3CC[C@@H]4C)C[C@H]12. The Labute approximate surface area is 231 Å². The summed E-state index contributed by atoms with van der Waals surface area (Å²) in [6.45, 7) is 3.16. The number of methoxy groups -OCH3 is 1. The smallest absolute Gasteiger partial charge is 0.337 e. The van der Waals surface area contributed by atoms with Crippen molar-refractivity contribution in [3.8, 4) is 0 Å². The molecule has 5 aliphatic rings. The zero-order valence-electron chi connectivity index (χ0n) is 22.7. The Bertz CT molecular complexity index is 1010. The van der Waals surface area contributed by atoms with Gasteiger partial charge in [0.25, 0.3) is 0 Å². The summed E-state index contributed by atoms with van der Waals surface area (Å²) in [4.78, 5) is 38.3. The van der Waals surface area contributed by atoms with Crippen LogP contribution in [0.5, 0.6) is 0 Å². The van der Waals surface area contributed by atoms with Gasteiger partial charge in [-0.3, -0.25) is 9.59 Å². The van der Waals surface area contributed by atoms with Gasteiger partial charge in [0.05, 0.1) is 37.4 Å². The molecule has 224 valence electrons. The molecule has 0 unspecified atom stereocenters. The van der Waals surface area contributed by atoms with Crippen molar-refractivity contribution in [2.24, 2.45) is 41.4 Å². The summed E-state index contributed by atoms with van der Waals surface area (Å²) in [5, 5.41) is 40.2. The van der Waals surface area contributed by atoms with Crippen LogP contribution in [0.2, 0.25) is 0 Å². The number of carbonyl (C=O) groups excluding carboxylic acids is 3. The van der Waals surface area contributed by atoms with Crippen LogP contribution in [0.4, 0.5) is 0 Å². The maximum atomic E-state index is 13.4. The molecule has 3 heterocycles. The normalized spacial score (nSPS) is 46.4. The maximum absolute atomic E-state index is 13.4. The van der Waals surface area contributed by atoms with E-state index >= 15 is 0 Å². The minimum atomic E-state index is -1.65.